The molecule has 1 unspecified atom stereocenters. The van der Waals surface area contributed by atoms with Crippen molar-refractivity contribution < 1.29 is 4.79 Å². The third-order valence-electron chi connectivity index (χ3n) is 4.25. The number of fused-ring (bicyclic) bond motifs is 2. The van der Waals surface area contributed by atoms with Crippen LogP contribution < -0.4 is 5.32 Å². The molecule has 0 bridgehead atoms. The molecule has 6 heteroatoms. The van der Waals surface area contributed by atoms with Crippen LogP contribution in [-0.2, 0) is 24.1 Å². The van der Waals surface area contributed by atoms with Gasteiger partial charge in [0.25, 0.3) is 0 Å². The largest absolute Gasteiger partial charge is 0.353 e. The fourth-order valence-electron chi connectivity index (χ4n) is 3.10. The van der Waals surface area contributed by atoms with Crippen molar-refractivity contribution >= 4 is 16.8 Å². The maximum atomic E-state index is 12.2. The van der Waals surface area contributed by atoms with Crippen LogP contribution in [0.15, 0.2) is 30.6 Å². The molecule has 2 aromatic heterocycles. The van der Waals surface area contributed by atoms with E-state index in [1.54, 1.807) is 6.20 Å². The zero-order valence-corrected chi connectivity index (χ0v) is 12.1. The van der Waals surface area contributed by atoms with Gasteiger partial charge in [-0.2, -0.15) is 10.2 Å². The topological polar surface area (TPSA) is 86.5 Å². The van der Waals surface area contributed by atoms with Gasteiger partial charge in [-0.25, -0.2) is 0 Å². The van der Waals surface area contributed by atoms with Gasteiger partial charge in [0.2, 0.25) is 5.91 Å². The smallest absolute Gasteiger partial charge is 0.224 e. The Morgan fingerprint density at radius 3 is 3.14 bits per heavy atom. The Labute approximate surface area is 127 Å². The molecule has 2 heterocycles. The van der Waals surface area contributed by atoms with Gasteiger partial charge in [0.15, 0.2) is 0 Å². The standard InChI is InChI=1S/C16H17N5O/c22-16(6-10-1-2-11-8-17-21-15(11)5-10)19-13-3-4-14-12(7-13)9-18-20-14/h1-2,5,8-9,13H,3-4,6-7H2,(H,17,21)(H,18,20)(H,19,22). The number of carbonyl (C=O) groups is 1. The first-order valence-electron chi connectivity index (χ1n) is 7.50. The molecule has 22 heavy (non-hydrogen) atoms. The Morgan fingerprint density at radius 2 is 2.18 bits per heavy atom. The SMILES string of the molecule is O=C(Cc1ccc2cn[nH]c2c1)NC1CCc2[nH]ncc2C1. The number of rotatable bonds is 3. The van der Waals surface area contributed by atoms with Crippen molar-refractivity contribution in [2.45, 2.75) is 31.7 Å². The van der Waals surface area contributed by atoms with Gasteiger partial charge in [-0.05, 0) is 36.5 Å². The molecular formula is C16H17N5O. The Morgan fingerprint density at radius 1 is 1.27 bits per heavy atom. The Hall–Kier alpha value is -2.63. The second-order valence-electron chi connectivity index (χ2n) is 5.85. The molecule has 112 valence electrons. The Bertz CT molecular complexity index is 819. The van der Waals surface area contributed by atoms with Gasteiger partial charge in [-0.3, -0.25) is 15.0 Å². The number of hydrogen-bond donors (Lipinski definition) is 3. The van der Waals surface area contributed by atoms with Gasteiger partial charge in [-0.15, -0.1) is 0 Å². The molecule has 3 aromatic rings. The number of aryl methyl sites for hydroxylation is 1. The first-order valence-corrected chi connectivity index (χ1v) is 7.50. The van der Waals surface area contributed by atoms with Crippen LogP contribution in [0, 0.1) is 0 Å². The van der Waals surface area contributed by atoms with E-state index in [2.05, 4.69) is 25.7 Å². The van der Waals surface area contributed by atoms with Gasteiger partial charge in [-0.1, -0.05) is 12.1 Å². The van der Waals surface area contributed by atoms with Crippen LogP contribution in [-0.4, -0.2) is 32.3 Å². The van der Waals surface area contributed by atoms with E-state index in [4.69, 9.17) is 0 Å². The van der Waals surface area contributed by atoms with Crippen LogP contribution in [0.3, 0.4) is 0 Å². The summed E-state index contributed by atoms with van der Waals surface area (Å²) in [6.45, 7) is 0. The minimum atomic E-state index is 0.0656. The molecule has 1 aromatic carbocycles. The first-order chi connectivity index (χ1) is 10.8. The van der Waals surface area contributed by atoms with Crippen molar-refractivity contribution in [1.29, 1.82) is 0 Å². The lowest BCUT2D eigenvalue weighted by Crippen LogP contribution is -2.39. The normalized spacial score (nSPS) is 17.4. The molecule has 3 N–H and O–H groups in total. The zero-order chi connectivity index (χ0) is 14.9. The molecule has 0 spiro atoms. The van der Waals surface area contributed by atoms with Crippen LogP contribution in [0.2, 0.25) is 0 Å². The van der Waals surface area contributed by atoms with Crippen molar-refractivity contribution in [1.82, 2.24) is 25.7 Å². The lowest BCUT2D eigenvalue weighted by molar-refractivity contribution is -0.121. The van der Waals surface area contributed by atoms with E-state index in [9.17, 15) is 4.79 Å². The average molecular weight is 295 g/mol. The van der Waals surface area contributed by atoms with Crippen molar-refractivity contribution in [2.75, 3.05) is 0 Å². The predicted molar refractivity (Wildman–Crippen MR) is 82.3 cm³/mol. The van der Waals surface area contributed by atoms with Crippen molar-refractivity contribution in [3.05, 3.63) is 47.4 Å². The molecule has 0 fully saturated rings. The van der Waals surface area contributed by atoms with Crippen LogP contribution in [0.25, 0.3) is 10.9 Å². The molecule has 1 aliphatic rings. The lowest BCUT2D eigenvalue weighted by atomic mass is 9.93. The summed E-state index contributed by atoms with van der Waals surface area (Å²) in [4.78, 5) is 12.2. The summed E-state index contributed by atoms with van der Waals surface area (Å²) < 4.78 is 0. The van der Waals surface area contributed by atoms with Gasteiger partial charge in [0, 0.05) is 17.1 Å². The highest BCUT2D eigenvalue weighted by molar-refractivity contribution is 5.82. The molecule has 1 atom stereocenters. The lowest BCUT2D eigenvalue weighted by Gasteiger charge is -2.22. The van der Waals surface area contributed by atoms with Crippen molar-refractivity contribution in [2.24, 2.45) is 0 Å². The summed E-state index contributed by atoms with van der Waals surface area (Å²) in [5, 5.41) is 18.2. The molecule has 1 aliphatic carbocycles. The summed E-state index contributed by atoms with van der Waals surface area (Å²) in [7, 11) is 0. The van der Waals surface area contributed by atoms with Crippen molar-refractivity contribution in [3.63, 3.8) is 0 Å². The number of amides is 1. The van der Waals surface area contributed by atoms with Gasteiger partial charge < -0.3 is 5.32 Å². The van der Waals surface area contributed by atoms with E-state index in [0.29, 0.717) is 6.42 Å². The molecule has 1 amide bonds. The number of aromatic nitrogens is 4. The minimum absolute atomic E-state index is 0.0656. The highest BCUT2D eigenvalue weighted by atomic mass is 16.1. The minimum Gasteiger partial charge on any atom is -0.353 e. The number of H-pyrrole nitrogens is 2. The summed E-state index contributed by atoms with van der Waals surface area (Å²) >= 11 is 0. The molecule has 4 rings (SSSR count). The number of hydrogen-bond acceptors (Lipinski definition) is 3. The number of aromatic amines is 2. The molecular weight excluding hydrogens is 278 g/mol. The van der Waals surface area contributed by atoms with Gasteiger partial charge in [0.1, 0.15) is 0 Å². The second-order valence-corrected chi connectivity index (χ2v) is 5.85. The summed E-state index contributed by atoms with van der Waals surface area (Å²) in [6, 6.07) is 6.15. The summed E-state index contributed by atoms with van der Waals surface area (Å²) in [5.41, 5.74) is 4.38. The first kappa shape index (κ1) is 13.1. The molecule has 6 nitrogen and oxygen atoms in total. The quantitative estimate of drug-likeness (QED) is 0.684. The van der Waals surface area contributed by atoms with E-state index in [0.717, 1.165) is 35.7 Å². The molecule has 0 saturated heterocycles. The summed E-state index contributed by atoms with van der Waals surface area (Å²) in [6.07, 6.45) is 6.80. The average Bonchev–Trinajstić information content (AvgIpc) is 3.14. The maximum Gasteiger partial charge on any atom is 0.224 e. The van der Waals surface area contributed by atoms with E-state index in [-0.39, 0.29) is 11.9 Å². The Balaban J connectivity index is 1.40. The number of nitrogens with one attached hydrogen (secondary N) is 3. The molecule has 0 aliphatic heterocycles. The third kappa shape index (κ3) is 2.47. The second kappa shape index (κ2) is 5.29. The summed E-state index contributed by atoms with van der Waals surface area (Å²) in [5.74, 6) is 0.0656. The Kier molecular flexibility index (Phi) is 3.14. The number of benzene rings is 1. The van der Waals surface area contributed by atoms with Crippen molar-refractivity contribution in [3.8, 4) is 0 Å². The highest BCUT2D eigenvalue weighted by Crippen LogP contribution is 2.19. The molecule has 0 radical (unpaired) electrons. The van der Waals surface area contributed by atoms with E-state index >= 15 is 0 Å². The zero-order valence-electron chi connectivity index (χ0n) is 12.1. The highest BCUT2D eigenvalue weighted by Gasteiger charge is 2.21. The van der Waals surface area contributed by atoms with E-state index < -0.39 is 0 Å². The van der Waals surface area contributed by atoms with E-state index in [1.807, 2.05) is 24.4 Å². The van der Waals surface area contributed by atoms with Crippen LogP contribution in [0.5, 0.6) is 0 Å². The third-order valence-corrected chi connectivity index (χ3v) is 4.25. The monoisotopic (exact) mass is 295 g/mol. The van der Waals surface area contributed by atoms with Gasteiger partial charge >= 0.3 is 0 Å². The number of carbonyl (C=O) groups excluding carboxylic acids is 1. The van der Waals surface area contributed by atoms with Crippen LogP contribution in [0.1, 0.15) is 23.2 Å². The van der Waals surface area contributed by atoms with Gasteiger partial charge in [0.05, 0.1) is 24.3 Å². The number of nitrogens with zero attached hydrogens (tertiary/aromatic N) is 2. The van der Waals surface area contributed by atoms with Crippen LogP contribution in [0.4, 0.5) is 0 Å². The van der Waals surface area contributed by atoms with Crippen LogP contribution >= 0.6 is 0 Å². The fourth-order valence-corrected chi connectivity index (χ4v) is 3.10. The maximum absolute atomic E-state index is 12.2. The van der Waals surface area contributed by atoms with E-state index in [1.165, 1.54) is 11.3 Å². The predicted octanol–water partition coefficient (Wildman–Crippen LogP) is 1.50. The molecule has 0 saturated carbocycles. The fraction of sp³-hybridized carbons (Fsp3) is 0.312.